The van der Waals surface area contributed by atoms with Gasteiger partial charge in [-0.2, -0.15) is 5.10 Å². The van der Waals surface area contributed by atoms with Crippen molar-refractivity contribution in [3.8, 4) is 5.75 Å². The second-order valence-corrected chi connectivity index (χ2v) is 6.31. The molecule has 0 spiro atoms. The largest absolute Gasteiger partial charge is 0.492 e. The average molecular weight is 357 g/mol. The maximum atomic E-state index is 11.6. The molecule has 0 unspecified atom stereocenters. The molecule has 1 aliphatic heterocycles. The van der Waals surface area contributed by atoms with Gasteiger partial charge >= 0.3 is 0 Å². The molecule has 1 aromatic carbocycles. The van der Waals surface area contributed by atoms with Crippen molar-refractivity contribution in [2.45, 2.75) is 13.3 Å². The van der Waals surface area contributed by atoms with Crippen molar-refractivity contribution in [1.29, 1.82) is 0 Å². The van der Waals surface area contributed by atoms with Gasteiger partial charge < -0.3 is 15.0 Å². The third-order valence-corrected chi connectivity index (χ3v) is 4.57. The van der Waals surface area contributed by atoms with Gasteiger partial charge in [0.05, 0.1) is 12.3 Å². The number of aromatic nitrogens is 2. The molecule has 0 aliphatic carbocycles. The summed E-state index contributed by atoms with van der Waals surface area (Å²) in [5.41, 5.74) is 1.60. The summed E-state index contributed by atoms with van der Waals surface area (Å²) in [5.74, 6) is 0.968. The molecule has 7 heteroatoms. The monoisotopic (exact) mass is 357 g/mol. The zero-order chi connectivity index (χ0) is 18.2. The van der Waals surface area contributed by atoms with Crippen molar-refractivity contribution in [2.24, 2.45) is 0 Å². The fourth-order valence-corrected chi connectivity index (χ4v) is 3.22. The minimum absolute atomic E-state index is 0.172. The first-order valence-electron chi connectivity index (χ1n) is 9.24. The van der Waals surface area contributed by atoms with E-state index in [4.69, 9.17) is 4.74 Å². The molecule has 26 heavy (non-hydrogen) atoms. The molecule has 140 valence electrons. The Kier molecular flexibility index (Phi) is 6.49. The molecular weight excluding hydrogens is 330 g/mol. The second-order valence-electron chi connectivity index (χ2n) is 6.31. The summed E-state index contributed by atoms with van der Waals surface area (Å²) in [7, 11) is 0. The number of aromatic amines is 1. The third kappa shape index (κ3) is 4.76. The number of piperazine rings is 1. The summed E-state index contributed by atoms with van der Waals surface area (Å²) in [4.78, 5) is 16.4. The Morgan fingerprint density at radius 2 is 2.00 bits per heavy atom. The first-order valence-corrected chi connectivity index (χ1v) is 9.24. The van der Waals surface area contributed by atoms with E-state index in [2.05, 4.69) is 37.4 Å². The van der Waals surface area contributed by atoms with Crippen LogP contribution in [0, 0.1) is 0 Å². The Labute approximate surface area is 154 Å². The predicted molar refractivity (Wildman–Crippen MR) is 104 cm³/mol. The molecule has 0 bridgehead atoms. The van der Waals surface area contributed by atoms with E-state index in [1.165, 1.54) is 5.69 Å². The van der Waals surface area contributed by atoms with Crippen LogP contribution in [0.5, 0.6) is 5.75 Å². The van der Waals surface area contributed by atoms with Crippen LogP contribution < -0.4 is 20.5 Å². The van der Waals surface area contributed by atoms with Crippen LogP contribution in [-0.2, 0) is 0 Å². The number of hydrogen-bond donors (Lipinski definition) is 2. The topological polar surface area (TPSA) is 73.5 Å². The van der Waals surface area contributed by atoms with E-state index in [1.54, 1.807) is 12.3 Å². The standard InChI is InChI=1S/C19H27N5O2/c1-2-26-18-7-4-3-6-17(18)24-14-12-23(13-15-24)11-5-9-20-16-8-10-21-22-19(16)25/h3-4,6-8,10H,2,5,9,11-15H2,1H3,(H,20,21)(H,22,25). The highest BCUT2D eigenvalue weighted by Gasteiger charge is 2.19. The molecule has 2 heterocycles. The first-order chi connectivity index (χ1) is 12.8. The minimum atomic E-state index is -0.172. The lowest BCUT2D eigenvalue weighted by Crippen LogP contribution is -2.47. The molecule has 0 saturated carbocycles. The normalized spacial score (nSPS) is 15.0. The van der Waals surface area contributed by atoms with E-state index in [-0.39, 0.29) is 5.56 Å². The number of anilines is 2. The van der Waals surface area contributed by atoms with Gasteiger partial charge in [0.2, 0.25) is 0 Å². The zero-order valence-corrected chi connectivity index (χ0v) is 15.3. The predicted octanol–water partition coefficient (Wildman–Crippen LogP) is 1.79. The number of rotatable bonds is 8. The van der Waals surface area contributed by atoms with Crippen LogP contribution in [-0.4, -0.2) is 61.0 Å². The van der Waals surface area contributed by atoms with Crippen molar-refractivity contribution < 1.29 is 4.74 Å². The lowest BCUT2D eigenvalue weighted by Gasteiger charge is -2.36. The van der Waals surface area contributed by atoms with Gasteiger partial charge in [0.15, 0.2) is 0 Å². The smallest absolute Gasteiger partial charge is 0.287 e. The summed E-state index contributed by atoms with van der Waals surface area (Å²) in [5, 5.41) is 9.30. The molecule has 0 atom stereocenters. The van der Waals surface area contributed by atoms with Gasteiger partial charge in [0, 0.05) is 38.9 Å². The molecule has 0 amide bonds. The Morgan fingerprint density at radius 1 is 1.19 bits per heavy atom. The van der Waals surface area contributed by atoms with Gasteiger partial charge in [-0.3, -0.25) is 9.69 Å². The summed E-state index contributed by atoms with van der Waals surface area (Å²) >= 11 is 0. The molecule has 2 N–H and O–H groups in total. The van der Waals surface area contributed by atoms with Crippen LogP contribution in [0.25, 0.3) is 0 Å². The summed E-state index contributed by atoms with van der Waals surface area (Å²) in [6, 6.07) is 9.96. The van der Waals surface area contributed by atoms with Crippen molar-refractivity contribution in [3.05, 3.63) is 46.9 Å². The number of nitrogens with zero attached hydrogens (tertiary/aromatic N) is 3. The fraction of sp³-hybridized carbons (Fsp3) is 0.474. The van der Waals surface area contributed by atoms with Crippen LogP contribution >= 0.6 is 0 Å². The third-order valence-electron chi connectivity index (χ3n) is 4.57. The van der Waals surface area contributed by atoms with Crippen molar-refractivity contribution in [2.75, 3.05) is 56.1 Å². The highest BCUT2D eigenvalue weighted by molar-refractivity contribution is 5.58. The Balaban J connectivity index is 1.42. The Bertz CT molecular complexity index is 740. The number of para-hydroxylation sites is 2. The van der Waals surface area contributed by atoms with E-state index < -0.39 is 0 Å². The van der Waals surface area contributed by atoms with Crippen molar-refractivity contribution in [3.63, 3.8) is 0 Å². The number of benzene rings is 1. The van der Waals surface area contributed by atoms with Gasteiger partial charge in [-0.15, -0.1) is 0 Å². The van der Waals surface area contributed by atoms with Crippen LogP contribution in [0.2, 0.25) is 0 Å². The van der Waals surface area contributed by atoms with Crippen LogP contribution in [0.3, 0.4) is 0 Å². The second kappa shape index (κ2) is 9.24. The zero-order valence-electron chi connectivity index (χ0n) is 15.3. The van der Waals surface area contributed by atoms with E-state index in [0.29, 0.717) is 12.3 Å². The van der Waals surface area contributed by atoms with Gasteiger partial charge in [-0.05, 0) is 38.1 Å². The molecule has 7 nitrogen and oxygen atoms in total. The number of ether oxygens (including phenoxy) is 1. The molecule has 2 aromatic rings. The van der Waals surface area contributed by atoms with Gasteiger partial charge in [-0.1, -0.05) is 12.1 Å². The lowest BCUT2D eigenvalue weighted by molar-refractivity contribution is 0.256. The average Bonchev–Trinajstić information content (AvgIpc) is 2.68. The molecule has 1 saturated heterocycles. The van der Waals surface area contributed by atoms with E-state index in [0.717, 1.165) is 51.4 Å². The maximum absolute atomic E-state index is 11.6. The highest BCUT2D eigenvalue weighted by Crippen LogP contribution is 2.28. The maximum Gasteiger partial charge on any atom is 0.287 e. The van der Waals surface area contributed by atoms with Gasteiger partial charge in [-0.25, -0.2) is 5.10 Å². The minimum Gasteiger partial charge on any atom is -0.492 e. The quantitative estimate of drug-likeness (QED) is 0.702. The highest BCUT2D eigenvalue weighted by atomic mass is 16.5. The van der Waals surface area contributed by atoms with Crippen LogP contribution in [0.1, 0.15) is 13.3 Å². The lowest BCUT2D eigenvalue weighted by atomic mass is 10.2. The van der Waals surface area contributed by atoms with Crippen LogP contribution in [0.15, 0.2) is 41.3 Å². The van der Waals surface area contributed by atoms with E-state index >= 15 is 0 Å². The molecule has 3 rings (SSSR count). The van der Waals surface area contributed by atoms with Crippen molar-refractivity contribution in [1.82, 2.24) is 15.1 Å². The first kappa shape index (κ1) is 18.3. The number of H-pyrrole nitrogens is 1. The molecule has 0 radical (unpaired) electrons. The molecule has 1 fully saturated rings. The van der Waals surface area contributed by atoms with Gasteiger partial charge in [0.25, 0.3) is 5.56 Å². The molecular formula is C19H27N5O2. The number of nitrogens with one attached hydrogen (secondary N) is 2. The van der Waals surface area contributed by atoms with Crippen molar-refractivity contribution >= 4 is 11.4 Å². The number of hydrogen-bond acceptors (Lipinski definition) is 6. The summed E-state index contributed by atoms with van der Waals surface area (Å²) in [6.07, 6.45) is 2.58. The van der Waals surface area contributed by atoms with E-state index in [1.807, 2.05) is 19.1 Å². The Hall–Kier alpha value is -2.54. The SMILES string of the molecule is CCOc1ccccc1N1CCN(CCCNc2ccn[nH]c2=O)CC1. The van der Waals surface area contributed by atoms with Crippen LogP contribution in [0.4, 0.5) is 11.4 Å². The van der Waals surface area contributed by atoms with Gasteiger partial charge in [0.1, 0.15) is 11.4 Å². The Morgan fingerprint density at radius 3 is 2.77 bits per heavy atom. The fourth-order valence-electron chi connectivity index (χ4n) is 3.22. The molecule has 1 aliphatic rings. The van der Waals surface area contributed by atoms with E-state index in [9.17, 15) is 4.79 Å². The summed E-state index contributed by atoms with van der Waals surface area (Å²) in [6.45, 7) is 8.58. The molecule has 1 aromatic heterocycles. The summed E-state index contributed by atoms with van der Waals surface area (Å²) < 4.78 is 5.75.